The summed E-state index contributed by atoms with van der Waals surface area (Å²) in [6, 6.07) is 1.91. The second-order valence-electron chi connectivity index (χ2n) is 4.00. The molecule has 2 aromatic heterocycles. The zero-order chi connectivity index (χ0) is 12.8. The lowest BCUT2D eigenvalue weighted by molar-refractivity contribution is 0.374. The summed E-state index contributed by atoms with van der Waals surface area (Å²) in [5, 5.41) is 3.95. The first-order valence-corrected chi connectivity index (χ1v) is 6.72. The highest BCUT2D eigenvalue weighted by Crippen LogP contribution is 2.19. The van der Waals surface area contributed by atoms with Gasteiger partial charge in [0.15, 0.2) is 0 Å². The van der Waals surface area contributed by atoms with Gasteiger partial charge in [-0.25, -0.2) is 0 Å². The lowest BCUT2D eigenvalue weighted by Gasteiger charge is -1.94. The minimum absolute atomic E-state index is 0.581. The number of nitrogens with two attached hydrogens (primary N) is 1. The fourth-order valence-electron chi connectivity index (χ4n) is 1.61. The molecule has 0 aliphatic rings. The van der Waals surface area contributed by atoms with Crippen LogP contribution in [-0.4, -0.2) is 21.7 Å². The minimum Gasteiger partial charge on any atom is -0.339 e. The Balaban J connectivity index is 1.97. The van der Waals surface area contributed by atoms with Crippen molar-refractivity contribution in [2.24, 2.45) is 5.73 Å². The van der Waals surface area contributed by atoms with Crippen LogP contribution in [0.3, 0.4) is 0 Å². The summed E-state index contributed by atoms with van der Waals surface area (Å²) in [6.45, 7) is 0.735. The van der Waals surface area contributed by atoms with Gasteiger partial charge in [-0.3, -0.25) is 4.98 Å². The zero-order valence-electron chi connectivity index (χ0n) is 9.97. The summed E-state index contributed by atoms with van der Waals surface area (Å²) in [4.78, 5) is 8.42. The molecule has 2 aromatic rings. The molecule has 0 spiro atoms. The number of nitrogens with zero attached hydrogens (tertiary/aromatic N) is 3. The van der Waals surface area contributed by atoms with Gasteiger partial charge in [-0.2, -0.15) is 4.98 Å². The first-order valence-electron chi connectivity index (χ1n) is 5.93. The van der Waals surface area contributed by atoms with Gasteiger partial charge in [0.1, 0.15) is 0 Å². The molecule has 0 aromatic carbocycles. The molecule has 6 heteroatoms. The van der Waals surface area contributed by atoms with Gasteiger partial charge in [-0.1, -0.05) is 11.6 Å². The quantitative estimate of drug-likeness (QED) is 0.830. The Morgan fingerprint density at radius 3 is 2.89 bits per heavy atom. The van der Waals surface area contributed by atoms with E-state index in [1.165, 1.54) is 0 Å². The lowest BCUT2D eigenvalue weighted by atomic mass is 10.2. The van der Waals surface area contributed by atoms with Gasteiger partial charge in [-0.15, -0.1) is 0 Å². The standard InChI is InChI=1S/C12H15BrN4O/c13-10-6-9(7-15-8-10)12-16-11(18-17-12)4-2-1-3-5-14/h6-8H,1-5,14H2. The van der Waals surface area contributed by atoms with Gasteiger partial charge in [0, 0.05) is 28.9 Å². The molecule has 0 amide bonds. The van der Waals surface area contributed by atoms with E-state index < -0.39 is 0 Å². The third kappa shape index (κ3) is 3.61. The van der Waals surface area contributed by atoms with Gasteiger partial charge >= 0.3 is 0 Å². The summed E-state index contributed by atoms with van der Waals surface area (Å²) in [7, 11) is 0. The number of aryl methyl sites for hydroxylation is 1. The Kier molecular flexibility index (Phi) is 4.83. The first-order chi connectivity index (χ1) is 8.79. The van der Waals surface area contributed by atoms with Crippen molar-refractivity contribution in [1.82, 2.24) is 15.1 Å². The molecule has 0 bridgehead atoms. The Morgan fingerprint density at radius 2 is 2.11 bits per heavy atom. The Morgan fingerprint density at radius 1 is 1.22 bits per heavy atom. The van der Waals surface area contributed by atoms with Crippen molar-refractivity contribution in [3.05, 3.63) is 28.8 Å². The summed E-state index contributed by atoms with van der Waals surface area (Å²) < 4.78 is 6.10. The van der Waals surface area contributed by atoms with Gasteiger partial charge in [-0.05, 0) is 41.4 Å². The van der Waals surface area contributed by atoms with Gasteiger partial charge < -0.3 is 10.3 Å². The second kappa shape index (κ2) is 6.61. The highest BCUT2D eigenvalue weighted by molar-refractivity contribution is 9.10. The number of hydrogen-bond donors (Lipinski definition) is 1. The maximum absolute atomic E-state index is 5.44. The average Bonchev–Trinajstić information content (AvgIpc) is 2.83. The normalized spacial score (nSPS) is 10.8. The van der Waals surface area contributed by atoms with Crippen LogP contribution in [-0.2, 0) is 6.42 Å². The third-order valence-electron chi connectivity index (χ3n) is 2.53. The summed E-state index contributed by atoms with van der Waals surface area (Å²) in [6.07, 6.45) is 7.39. The molecular weight excluding hydrogens is 296 g/mol. The van der Waals surface area contributed by atoms with Crippen molar-refractivity contribution in [3.8, 4) is 11.4 Å². The topological polar surface area (TPSA) is 77.8 Å². The van der Waals surface area contributed by atoms with E-state index in [0.717, 1.165) is 42.3 Å². The van der Waals surface area contributed by atoms with Gasteiger partial charge in [0.05, 0.1) is 0 Å². The molecule has 0 saturated heterocycles. The summed E-state index contributed by atoms with van der Waals surface area (Å²) >= 11 is 3.36. The smallest absolute Gasteiger partial charge is 0.226 e. The van der Waals surface area contributed by atoms with E-state index in [0.29, 0.717) is 11.7 Å². The van der Waals surface area contributed by atoms with E-state index in [4.69, 9.17) is 10.3 Å². The molecular formula is C12H15BrN4O. The fraction of sp³-hybridized carbons (Fsp3) is 0.417. The number of aromatic nitrogens is 3. The summed E-state index contributed by atoms with van der Waals surface area (Å²) in [5.41, 5.74) is 6.29. The van der Waals surface area contributed by atoms with Crippen molar-refractivity contribution < 1.29 is 4.52 Å². The van der Waals surface area contributed by atoms with Crippen LogP contribution >= 0.6 is 15.9 Å². The number of pyridine rings is 1. The van der Waals surface area contributed by atoms with Crippen LogP contribution in [0.15, 0.2) is 27.5 Å². The number of unbranched alkanes of at least 4 members (excludes halogenated alkanes) is 2. The van der Waals surface area contributed by atoms with Crippen molar-refractivity contribution in [2.45, 2.75) is 25.7 Å². The van der Waals surface area contributed by atoms with Crippen LogP contribution in [0.25, 0.3) is 11.4 Å². The van der Waals surface area contributed by atoms with E-state index in [2.05, 4.69) is 31.1 Å². The third-order valence-corrected chi connectivity index (χ3v) is 2.96. The average molecular weight is 311 g/mol. The van der Waals surface area contributed by atoms with Crippen molar-refractivity contribution >= 4 is 15.9 Å². The molecule has 5 nitrogen and oxygen atoms in total. The predicted molar refractivity (Wildman–Crippen MR) is 71.8 cm³/mol. The molecule has 2 rings (SSSR count). The monoisotopic (exact) mass is 310 g/mol. The van der Waals surface area contributed by atoms with E-state index in [1.807, 2.05) is 6.07 Å². The molecule has 0 atom stereocenters. The molecule has 0 aliphatic carbocycles. The van der Waals surface area contributed by atoms with Crippen LogP contribution in [0.1, 0.15) is 25.2 Å². The molecule has 0 unspecified atom stereocenters. The van der Waals surface area contributed by atoms with Crippen LogP contribution in [0.2, 0.25) is 0 Å². The molecule has 0 radical (unpaired) electrons. The fourth-order valence-corrected chi connectivity index (χ4v) is 1.97. The second-order valence-corrected chi connectivity index (χ2v) is 4.92. The van der Waals surface area contributed by atoms with Crippen LogP contribution in [0.5, 0.6) is 0 Å². The highest BCUT2D eigenvalue weighted by atomic mass is 79.9. The number of halogens is 1. The Bertz CT molecular complexity index is 500. The van der Waals surface area contributed by atoms with Crippen molar-refractivity contribution in [1.29, 1.82) is 0 Å². The molecule has 96 valence electrons. The Hall–Kier alpha value is -1.27. The first kappa shape index (κ1) is 13.2. The lowest BCUT2D eigenvalue weighted by Crippen LogP contribution is -1.98. The number of hydrogen-bond acceptors (Lipinski definition) is 5. The van der Waals surface area contributed by atoms with E-state index in [9.17, 15) is 0 Å². The van der Waals surface area contributed by atoms with E-state index in [1.54, 1.807) is 12.4 Å². The number of rotatable bonds is 6. The van der Waals surface area contributed by atoms with Crippen LogP contribution in [0, 0.1) is 0 Å². The summed E-state index contributed by atoms with van der Waals surface area (Å²) in [5.74, 6) is 1.25. The molecule has 0 saturated carbocycles. The maximum Gasteiger partial charge on any atom is 0.226 e. The van der Waals surface area contributed by atoms with Gasteiger partial charge in [0.2, 0.25) is 11.7 Å². The van der Waals surface area contributed by atoms with Gasteiger partial charge in [0.25, 0.3) is 0 Å². The molecule has 2 N–H and O–H groups in total. The Labute approximate surface area is 114 Å². The van der Waals surface area contributed by atoms with Crippen LogP contribution in [0.4, 0.5) is 0 Å². The van der Waals surface area contributed by atoms with E-state index >= 15 is 0 Å². The largest absolute Gasteiger partial charge is 0.339 e. The molecule has 2 heterocycles. The van der Waals surface area contributed by atoms with Crippen LogP contribution < -0.4 is 5.73 Å². The maximum atomic E-state index is 5.44. The molecule has 18 heavy (non-hydrogen) atoms. The predicted octanol–water partition coefficient (Wildman–Crippen LogP) is 2.57. The van der Waals surface area contributed by atoms with Crippen molar-refractivity contribution in [3.63, 3.8) is 0 Å². The zero-order valence-corrected chi connectivity index (χ0v) is 11.6. The minimum atomic E-state index is 0.581. The molecule has 0 aliphatic heterocycles. The van der Waals surface area contributed by atoms with E-state index in [-0.39, 0.29) is 0 Å². The van der Waals surface area contributed by atoms with Crippen molar-refractivity contribution in [2.75, 3.05) is 6.54 Å². The highest BCUT2D eigenvalue weighted by Gasteiger charge is 2.08. The SMILES string of the molecule is NCCCCCc1nc(-c2cncc(Br)c2)no1. The molecule has 0 fully saturated rings.